The average Bonchev–Trinajstić information content (AvgIpc) is 3.21. The quantitative estimate of drug-likeness (QED) is 0.535. The van der Waals surface area contributed by atoms with Crippen molar-refractivity contribution >= 4 is 5.91 Å². The molecule has 0 fully saturated rings. The van der Waals surface area contributed by atoms with Crippen molar-refractivity contribution in [3.63, 3.8) is 0 Å². The lowest BCUT2D eigenvalue weighted by molar-refractivity contribution is -0.927. The van der Waals surface area contributed by atoms with E-state index in [1.807, 2.05) is 66.4 Å². The molecule has 0 aliphatic heterocycles. The highest BCUT2D eigenvalue weighted by Crippen LogP contribution is 2.11. The largest absolute Gasteiger partial charge is 0.464 e. The zero-order valence-corrected chi connectivity index (χ0v) is 19.2. The van der Waals surface area contributed by atoms with Gasteiger partial charge in [-0.2, -0.15) is 5.26 Å². The van der Waals surface area contributed by atoms with Gasteiger partial charge in [-0.3, -0.25) is 4.79 Å². The van der Waals surface area contributed by atoms with Gasteiger partial charge in [0.25, 0.3) is 5.91 Å². The van der Waals surface area contributed by atoms with Gasteiger partial charge in [-0.05, 0) is 57.0 Å². The number of carbonyl (C=O) groups excluding carboxylic acids is 1. The monoisotopic (exact) mass is 430 g/mol. The predicted octanol–water partition coefficient (Wildman–Crippen LogP) is 3.52. The lowest BCUT2D eigenvalue weighted by atomic mass is 10.1. The molecule has 1 amide bonds. The first-order valence-electron chi connectivity index (χ1n) is 11.1. The summed E-state index contributed by atoms with van der Waals surface area (Å²) in [4.78, 5) is 16.5. The number of benzene rings is 2. The van der Waals surface area contributed by atoms with Crippen LogP contribution < -0.4 is 4.90 Å². The summed E-state index contributed by atoms with van der Waals surface area (Å²) in [7, 11) is 0. The van der Waals surface area contributed by atoms with Crippen LogP contribution in [-0.4, -0.2) is 29.9 Å². The molecule has 0 spiro atoms. The molecule has 3 aromatic rings. The Kier molecular flexibility index (Phi) is 8.24. The first kappa shape index (κ1) is 23.3. The van der Waals surface area contributed by atoms with Crippen molar-refractivity contribution in [2.45, 2.75) is 46.3 Å². The molecule has 0 saturated carbocycles. The zero-order chi connectivity index (χ0) is 22.9. The number of rotatable bonds is 10. The van der Waals surface area contributed by atoms with Crippen LogP contribution in [0.2, 0.25) is 0 Å². The minimum absolute atomic E-state index is 0.118. The molecule has 166 valence electrons. The molecule has 1 atom stereocenters. The number of hydrogen-bond donors (Lipinski definition) is 1. The summed E-state index contributed by atoms with van der Waals surface area (Å²) in [5, 5.41) is 9.02. The van der Waals surface area contributed by atoms with E-state index in [2.05, 4.69) is 32.0 Å². The maximum absolute atomic E-state index is 13.4. The highest BCUT2D eigenvalue weighted by atomic mass is 16.3. The van der Waals surface area contributed by atoms with Gasteiger partial charge in [0.05, 0.1) is 24.2 Å². The molecule has 0 saturated heterocycles. The molecule has 0 aliphatic carbocycles. The van der Waals surface area contributed by atoms with Crippen LogP contribution in [0.15, 0.2) is 71.1 Å². The molecule has 5 nitrogen and oxygen atoms in total. The van der Waals surface area contributed by atoms with Crippen LogP contribution >= 0.6 is 0 Å². The molecule has 1 unspecified atom stereocenters. The SMILES string of the molecule is Cc1ccc(CN(CCc2ccccc2)C(=O)C[NH+](Cc2ccc(C#N)cc2)C(C)C)o1. The molecular weight excluding hydrogens is 398 g/mol. The molecule has 0 bridgehead atoms. The van der Waals surface area contributed by atoms with Crippen LogP contribution in [0.5, 0.6) is 0 Å². The third-order valence-corrected chi connectivity index (χ3v) is 5.72. The normalized spacial score (nSPS) is 11.8. The van der Waals surface area contributed by atoms with Crippen LogP contribution in [0, 0.1) is 18.3 Å². The number of nitrogens with one attached hydrogen (secondary N) is 1. The Morgan fingerprint density at radius 2 is 1.75 bits per heavy atom. The van der Waals surface area contributed by atoms with Gasteiger partial charge in [0, 0.05) is 12.1 Å². The predicted molar refractivity (Wildman–Crippen MR) is 125 cm³/mol. The van der Waals surface area contributed by atoms with E-state index in [1.165, 1.54) is 10.5 Å². The highest BCUT2D eigenvalue weighted by Gasteiger charge is 2.23. The van der Waals surface area contributed by atoms with Gasteiger partial charge in [-0.25, -0.2) is 0 Å². The number of nitriles is 1. The molecule has 1 heterocycles. The second-order valence-corrected chi connectivity index (χ2v) is 8.54. The number of nitrogens with zero attached hydrogens (tertiary/aromatic N) is 2. The van der Waals surface area contributed by atoms with Gasteiger partial charge < -0.3 is 14.2 Å². The summed E-state index contributed by atoms with van der Waals surface area (Å²) in [5.41, 5.74) is 2.99. The van der Waals surface area contributed by atoms with Gasteiger partial charge in [0.1, 0.15) is 18.1 Å². The number of hydrogen-bond acceptors (Lipinski definition) is 3. The Bertz CT molecular complexity index is 1030. The smallest absolute Gasteiger partial charge is 0.278 e. The van der Waals surface area contributed by atoms with Crippen LogP contribution in [0.1, 0.15) is 42.1 Å². The lowest BCUT2D eigenvalue weighted by Gasteiger charge is -2.27. The standard InChI is InChI=1S/C27H31N3O2/c1-21(2)30(18-25-12-10-24(17-28)11-13-25)20-27(31)29(19-26-14-9-22(3)32-26)16-15-23-7-5-4-6-8-23/h4-14,21H,15-16,18-20H2,1-3H3/p+1. The fourth-order valence-electron chi connectivity index (χ4n) is 3.69. The molecule has 5 heteroatoms. The number of furan rings is 1. The van der Waals surface area contributed by atoms with Gasteiger partial charge >= 0.3 is 0 Å². The fraction of sp³-hybridized carbons (Fsp3) is 0.333. The van der Waals surface area contributed by atoms with E-state index in [-0.39, 0.29) is 11.9 Å². The molecule has 1 aromatic heterocycles. The summed E-state index contributed by atoms with van der Waals surface area (Å²) >= 11 is 0. The van der Waals surface area contributed by atoms with Crippen LogP contribution in [0.3, 0.4) is 0 Å². The molecule has 2 aromatic carbocycles. The first-order valence-corrected chi connectivity index (χ1v) is 11.1. The second-order valence-electron chi connectivity index (χ2n) is 8.54. The minimum atomic E-state index is 0.118. The number of aryl methyl sites for hydroxylation is 1. The Morgan fingerprint density at radius 1 is 1.03 bits per heavy atom. The molecule has 0 radical (unpaired) electrons. The first-order chi connectivity index (χ1) is 15.4. The van der Waals surface area contributed by atoms with Crippen LogP contribution in [0.4, 0.5) is 0 Å². The maximum atomic E-state index is 13.4. The molecule has 32 heavy (non-hydrogen) atoms. The Morgan fingerprint density at radius 3 is 2.34 bits per heavy atom. The summed E-state index contributed by atoms with van der Waals surface area (Å²) in [6, 6.07) is 24.2. The third kappa shape index (κ3) is 6.83. The van der Waals surface area contributed by atoms with Crippen molar-refractivity contribution in [1.82, 2.24) is 4.90 Å². The molecular formula is C27H32N3O2+. The van der Waals surface area contributed by atoms with E-state index in [9.17, 15) is 4.79 Å². The fourth-order valence-corrected chi connectivity index (χ4v) is 3.69. The lowest BCUT2D eigenvalue weighted by Crippen LogP contribution is -3.14. The van der Waals surface area contributed by atoms with Crippen LogP contribution in [-0.2, 0) is 24.3 Å². The van der Waals surface area contributed by atoms with Gasteiger partial charge in [0.2, 0.25) is 0 Å². The van der Waals surface area contributed by atoms with E-state index in [4.69, 9.17) is 9.68 Å². The second kappa shape index (κ2) is 11.3. The Balaban J connectivity index is 1.70. The summed E-state index contributed by atoms with van der Waals surface area (Å²) in [5.74, 6) is 1.78. The van der Waals surface area contributed by atoms with Gasteiger partial charge in [-0.15, -0.1) is 0 Å². The number of quaternary nitrogens is 1. The van der Waals surface area contributed by atoms with Gasteiger partial charge in [0.15, 0.2) is 6.54 Å². The van der Waals surface area contributed by atoms with Crippen molar-refractivity contribution < 1.29 is 14.1 Å². The van der Waals surface area contributed by atoms with Crippen molar-refractivity contribution in [3.05, 3.63) is 94.9 Å². The molecule has 1 N–H and O–H groups in total. The Labute approximate surface area is 190 Å². The average molecular weight is 431 g/mol. The van der Waals surface area contributed by atoms with Crippen LogP contribution in [0.25, 0.3) is 0 Å². The number of carbonyl (C=O) groups is 1. The molecule has 3 rings (SSSR count). The third-order valence-electron chi connectivity index (χ3n) is 5.72. The van der Waals surface area contributed by atoms with E-state index in [0.717, 1.165) is 30.0 Å². The summed E-state index contributed by atoms with van der Waals surface area (Å²) < 4.78 is 5.76. The minimum Gasteiger partial charge on any atom is -0.464 e. The molecule has 0 aliphatic rings. The van der Waals surface area contributed by atoms with Crippen molar-refractivity contribution in [2.75, 3.05) is 13.1 Å². The van der Waals surface area contributed by atoms with Gasteiger partial charge in [-0.1, -0.05) is 42.5 Å². The van der Waals surface area contributed by atoms with Crippen molar-refractivity contribution in [3.8, 4) is 6.07 Å². The number of amides is 1. The van der Waals surface area contributed by atoms with E-state index in [1.54, 1.807) is 0 Å². The maximum Gasteiger partial charge on any atom is 0.278 e. The highest BCUT2D eigenvalue weighted by molar-refractivity contribution is 5.77. The van der Waals surface area contributed by atoms with Crippen molar-refractivity contribution in [2.24, 2.45) is 0 Å². The Hall–Kier alpha value is -3.36. The topological polar surface area (TPSA) is 61.7 Å². The van der Waals surface area contributed by atoms with E-state index >= 15 is 0 Å². The zero-order valence-electron chi connectivity index (χ0n) is 19.2. The summed E-state index contributed by atoms with van der Waals surface area (Å²) in [6.45, 7) is 8.45. The summed E-state index contributed by atoms with van der Waals surface area (Å²) in [6.07, 6.45) is 0.804. The van der Waals surface area contributed by atoms with Crippen molar-refractivity contribution in [1.29, 1.82) is 5.26 Å². The van der Waals surface area contributed by atoms with E-state index < -0.39 is 0 Å². The van der Waals surface area contributed by atoms with E-state index in [0.29, 0.717) is 25.2 Å².